The molecule has 1 heterocycles. The molecule has 1 unspecified atom stereocenters. The molecule has 0 bridgehead atoms. The number of halogens is 1. The first kappa shape index (κ1) is 12.8. The van der Waals surface area contributed by atoms with Gasteiger partial charge in [-0.05, 0) is 59.7 Å². The molecule has 3 heteroatoms. The third-order valence-corrected chi connectivity index (χ3v) is 4.71. The van der Waals surface area contributed by atoms with Gasteiger partial charge in [-0.15, -0.1) is 0 Å². The topological polar surface area (TPSA) is 12.0 Å². The lowest BCUT2D eigenvalue weighted by molar-refractivity contribution is 0.266. The number of hydrogen-bond donors (Lipinski definition) is 1. The molecular weight excluding hydrogens is 257 g/mol. The maximum atomic E-state index is 13.7. The van der Waals surface area contributed by atoms with Crippen molar-refractivity contribution < 1.29 is 4.39 Å². The quantitative estimate of drug-likeness (QED) is 0.867. The lowest BCUT2D eigenvalue weighted by Crippen LogP contribution is -2.41. The highest BCUT2D eigenvalue weighted by molar-refractivity contribution is 7.07. The van der Waals surface area contributed by atoms with Gasteiger partial charge in [-0.1, -0.05) is 18.2 Å². The average molecular weight is 275 g/mol. The zero-order valence-corrected chi connectivity index (χ0v) is 11.8. The van der Waals surface area contributed by atoms with Crippen molar-refractivity contribution in [3.05, 3.63) is 58.0 Å². The van der Waals surface area contributed by atoms with Crippen LogP contribution >= 0.6 is 11.3 Å². The van der Waals surface area contributed by atoms with Crippen LogP contribution in [0.4, 0.5) is 4.39 Å². The van der Waals surface area contributed by atoms with Gasteiger partial charge in [-0.25, -0.2) is 4.39 Å². The molecule has 0 amide bonds. The van der Waals surface area contributed by atoms with Crippen molar-refractivity contribution in [2.45, 2.75) is 37.8 Å². The molecule has 1 aromatic carbocycles. The van der Waals surface area contributed by atoms with E-state index in [0.29, 0.717) is 18.0 Å². The zero-order valence-electron chi connectivity index (χ0n) is 11.0. The van der Waals surface area contributed by atoms with Gasteiger partial charge in [0.15, 0.2) is 0 Å². The molecule has 19 heavy (non-hydrogen) atoms. The summed E-state index contributed by atoms with van der Waals surface area (Å²) in [5.74, 6) is 0.324. The predicted molar refractivity (Wildman–Crippen MR) is 78.0 cm³/mol. The summed E-state index contributed by atoms with van der Waals surface area (Å²) < 4.78 is 13.7. The molecular formula is C16H18FNS. The molecule has 3 rings (SSSR count). The summed E-state index contributed by atoms with van der Waals surface area (Å²) in [6.45, 7) is 2.19. The van der Waals surface area contributed by atoms with Crippen LogP contribution in [0.25, 0.3) is 0 Å². The Hall–Kier alpha value is -1.19. The van der Waals surface area contributed by atoms with Crippen LogP contribution in [0.15, 0.2) is 41.1 Å². The molecule has 2 aromatic rings. The first-order valence-corrected chi connectivity index (χ1v) is 7.71. The molecule has 1 aliphatic carbocycles. The highest BCUT2D eigenvalue weighted by Crippen LogP contribution is 2.38. The van der Waals surface area contributed by atoms with Gasteiger partial charge in [0.1, 0.15) is 5.82 Å². The van der Waals surface area contributed by atoms with Crippen LogP contribution < -0.4 is 5.32 Å². The van der Waals surface area contributed by atoms with Gasteiger partial charge in [0.05, 0.1) is 0 Å². The standard InChI is InChI=1S/C16H18FNS/c1-11(12-6-7-19-10-12)18-14-8-13(9-14)15-4-2-3-5-16(15)17/h2-7,10-11,13-14,18H,8-9H2,1H3. The SMILES string of the molecule is CC(NC1CC(c2ccccc2F)C1)c1ccsc1. The van der Waals surface area contributed by atoms with Crippen LogP contribution in [-0.2, 0) is 0 Å². The number of benzene rings is 1. The van der Waals surface area contributed by atoms with Crippen molar-refractivity contribution in [3.63, 3.8) is 0 Å². The largest absolute Gasteiger partial charge is 0.307 e. The van der Waals surface area contributed by atoms with Crippen LogP contribution in [0.3, 0.4) is 0 Å². The second-order valence-corrected chi connectivity index (χ2v) is 6.11. The first-order valence-electron chi connectivity index (χ1n) is 6.76. The van der Waals surface area contributed by atoms with Crippen molar-refractivity contribution in [3.8, 4) is 0 Å². The number of thiophene rings is 1. The van der Waals surface area contributed by atoms with E-state index in [4.69, 9.17) is 0 Å². The van der Waals surface area contributed by atoms with Gasteiger partial charge in [-0.2, -0.15) is 11.3 Å². The average Bonchev–Trinajstić information content (AvgIpc) is 2.88. The van der Waals surface area contributed by atoms with Crippen LogP contribution in [0.5, 0.6) is 0 Å². The van der Waals surface area contributed by atoms with Crippen molar-refractivity contribution in [2.24, 2.45) is 0 Å². The van der Waals surface area contributed by atoms with E-state index >= 15 is 0 Å². The minimum Gasteiger partial charge on any atom is -0.307 e. The zero-order chi connectivity index (χ0) is 13.2. The fourth-order valence-electron chi connectivity index (χ4n) is 2.79. The van der Waals surface area contributed by atoms with E-state index in [1.165, 1.54) is 5.56 Å². The van der Waals surface area contributed by atoms with E-state index in [9.17, 15) is 4.39 Å². The molecule has 1 nitrogen and oxygen atoms in total. The van der Waals surface area contributed by atoms with Gasteiger partial charge in [-0.3, -0.25) is 0 Å². The van der Waals surface area contributed by atoms with Crippen LogP contribution in [0, 0.1) is 5.82 Å². The summed E-state index contributed by atoms with van der Waals surface area (Å²) in [5, 5.41) is 7.91. The Balaban J connectivity index is 1.55. The third kappa shape index (κ3) is 2.72. The van der Waals surface area contributed by atoms with Crippen molar-refractivity contribution >= 4 is 11.3 Å². The Labute approximate surface area is 117 Å². The highest BCUT2D eigenvalue weighted by Gasteiger charge is 2.32. The van der Waals surface area contributed by atoms with E-state index < -0.39 is 0 Å². The maximum Gasteiger partial charge on any atom is 0.126 e. The minimum absolute atomic E-state index is 0.0585. The van der Waals surface area contributed by atoms with Crippen molar-refractivity contribution in [1.82, 2.24) is 5.32 Å². The van der Waals surface area contributed by atoms with Gasteiger partial charge >= 0.3 is 0 Å². The van der Waals surface area contributed by atoms with E-state index in [1.807, 2.05) is 12.1 Å². The van der Waals surface area contributed by atoms with Gasteiger partial charge in [0.25, 0.3) is 0 Å². The molecule has 0 radical (unpaired) electrons. The van der Waals surface area contributed by atoms with E-state index in [2.05, 4.69) is 29.1 Å². The molecule has 0 aliphatic heterocycles. The van der Waals surface area contributed by atoms with E-state index in [1.54, 1.807) is 23.5 Å². The fourth-order valence-corrected chi connectivity index (χ4v) is 3.54. The number of hydrogen-bond acceptors (Lipinski definition) is 2. The molecule has 1 atom stereocenters. The highest BCUT2D eigenvalue weighted by atomic mass is 32.1. The molecule has 1 saturated carbocycles. The second-order valence-electron chi connectivity index (χ2n) is 5.33. The lowest BCUT2D eigenvalue weighted by Gasteiger charge is -2.38. The smallest absolute Gasteiger partial charge is 0.126 e. The molecule has 1 fully saturated rings. The van der Waals surface area contributed by atoms with Gasteiger partial charge < -0.3 is 5.32 Å². The van der Waals surface area contributed by atoms with E-state index in [-0.39, 0.29) is 5.82 Å². The predicted octanol–water partition coefficient (Wildman–Crippen LogP) is 4.48. The summed E-state index contributed by atoms with van der Waals surface area (Å²) >= 11 is 1.73. The molecule has 1 N–H and O–H groups in total. The molecule has 1 aromatic heterocycles. The maximum absolute atomic E-state index is 13.7. The normalized spacial score (nSPS) is 23.9. The second kappa shape index (κ2) is 5.43. The molecule has 0 spiro atoms. The Morgan fingerprint density at radius 3 is 2.74 bits per heavy atom. The van der Waals surface area contributed by atoms with Crippen LogP contribution in [-0.4, -0.2) is 6.04 Å². The minimum atomic E-state index is -0.0585. The molecule has 1 aliphatic rings. The first-order chi connectivity index (χ1) is 9.24. The van der Waals surface area contributed by atoms with Gasteiger partial charge in [0.2, 0.25) is 0 Å². The Morgan fingerprint density at radius 1 is 1.26 bits per heavy atom. The summed E-state index contributed by atoms with van der Waals surface area (Å²) in [6.07, 6.45) is 2.07. The van der Waals surface area contributed by atoms with Crippen molar-refractivity contribution in [2.75, 3.05) is 0 Å². The van der Waals surface area contributed by atoms with Crippen LogP contribution in [0.1, 0.15) is 42.9 Å². The summed E-state index contributed by atoms with van der Waals surface area (Å²) in [7, 11) is 0. The molecule has 0 saturated heterocycles. The van der Waals surface area contributed by atoms with Gasteiger partial charge in [0, 0.05) is 12.1 Å². The van der Waals surface area contributed by atoms with Crippen molar-refractivity contribution in [1.29, 1.82) is 0 Å². The Kier molecular flexibility index (Phi) is 3.67. The monoisotopic (exact) mass is 275 g/mol. The fraction of sp³-hybridized carbons (Fsp3) is 0.375. The number of nitrogens with one attached hydrogen (secondary N) is 1. The Morgan fingerprint density at radius 2 is 2.05 bits per heavy atom. The van der Waals surface area contributed by atoms with E-state index in [0.717, 1.165) is 18.4 Å². The lowest BCUT2D eigenvalue weighted by atomic mass is 9.75. The summed E-state index contributed by atoms with van der Waals surface area (Å²) in [4.78, 5) is 0. The third-order valence-electron chi connectivity index (χ3n) is 4.01. The summed E-state index contributed by atoms with van der Waals surface area (Å²) in [6, 6.07) is 10.2. The molecule has 100 valence electrons. The Bertz CT molecular complexity index is 531. The van der Waals surface area contributed by atoms with Crippen LogP contribution in [0.2, 0.25) is 0 Å². The summed E-state index contributed by atoms with van der Waals surface area (Å²) in [5.41, 5.74) is 2.23. The number of rotatable bonds is 4.